The van der Waals surface area contributed by atoms with Gasteiger partial charge >= 0.3 is 5.97 Å². The number of alkyl halides is 1. The Balaban J connectivity index is 2.05. The molecule has 1 amide bonds. The Hall–Kier alpha value is -1.89. The van der Waals surface area contributed by atoms with Crippen LogP contribution in [0.15, 0.2) is 36.4 Å². The number of carbonyl (C=O) groups excluding carboxylic acids is 2. The minimum Gasteiger partial charge on any atom is -0.465 e. The van der Waals surface area contributed by atoms with Gasteiger partial charge in [0.2, 0.25) is 5.91 Å². The summed E-state index contributed by atoms with van der Waals surface area (Å²) in [7, 11) is 1.31. The minimum atomic E-state index is -0.488. The highest BCUT2D eigenvalue weighted by molar-refractivity contribution is 7.27. The van der Waals surface area contributed by atoms with Crippen molar-refractivity contribution in [2.24, 2.45) is 0 Å². The number of halogens is 1. The Kier molecular flexibility index (Phi) is 4.66. The number of carbonyl (C=O) groups is 2. The molecule has 0 aliphatic rings. The fraction of sp³-hybridized carbons (Fsp3) is 0.125. The van der Waals surface area contributed by atoms with Gasteiger partial charge in [0.25, 0.3) is 0 Å². The lowest BCUT2D eigenvalue weighted by Gasteiger charge is -2.02. The van der Waals surface area contributed by atoms with Crippen molar-refractivity contribution in [2.75, 3.05) is 18.3 Å². The van der Waals surface area contributed by atoms with Crippen molar-refractivity contribution in [2.45, 2.75) is 0 Å². The Morgan fingerprint density at radius 1 is 1.17 bits per heavy atom. The SMILES string of the molecule is COC(=O)c1cc(-c2cc3ccccc3s2)sc1NC(=O)CCl. The van der Waals surface area contributed by atoms with E-state index in [0.717, 1.165) is 15.1 Å². The molecule has 2 heterocycles. The summed E-state index contributed by atoms with van der Waals surface area (Å²) < 4.78 is 5.96. The predicted molar refractivity (Wildman–Crippen MR) is 95.8 cm³/mol. The average Bonchev–Trinajstić information content (AvgIpc) is 3.17. The number of benzene rings is 1. The lowest BCUT2D eigenvalue weighted by atomic mass is 10.2. The number of thiophene rings is 2. The number of methoxy groups -OCH3 is 1. The Morgan fingerprint density at radius 2 is 1.91 bits per heavy atom. The van der Waals surface area contributed by atoms with Gasteiger partial charge in [-0.1, -0.05) is 18.2 Å². The van der Waals surface area contributed by atoms with Gasteiger partial charge in [0.1, 0.15) is 10.9 Å². The third-order valence-corrected chi connectivity index (χ3v) is 5.79. The van der Waals surface area contributed by atoms with Crippen molar-refractivity contribution < 1.29 is 14.3 Å². The van der Waals surface area contributed by atoms with Crippen molar-refractivity contribution in [3.05, 3.63) is 42.0 Å². The van der Waals surface area contributed by atoms with E-state index in [9.17, 15) is 9.59 Å². The van der Waals surface area contributed by atoms with E-state index < -0.39 is 5.97 Å². The van der Waals surface area contributed by atoms with Crippen LogP contribution in [0.1, 0.15) is 10.4 Å². The number of hydrogen-bond acceptors (Lipinski definition) is 5. The zero-order valence-electron chi connectivity index (χ0n) is 12.1. The molecule has 0 bridgehead atoms. The van der Waals surface area contributed by atoms with Gasteiger partial charge in [0.15, 0.2) is 0 Å². The minimum absolute atomic E-state index is 0.170. The number of anilines is 1. The molecule has 118 valence electrons. The maximum absolute atomic E-state index is 11.9. The van der Waals surface area contributed by atoms with Crippen LogP contribution in [-0.4, -0.2) is 24.9 Å². The standard InChI is InChI=1S/C16H12ClNO3S2/c1-21-16(20)10-7-13(23-15(10)18-14(19)8-17)12-6-9-4-2-3-5-11(9)22-12/h2-7H,8H2,1H3,(H,18,19). The van der Waals surface area contributed by atoms with Crippen LogP contribution in [0.2, 0.25) is 0 Å². The molecular weight excluding hydrogens is 354 g/mol. The second kappa shape index (κ2) is 6.70. The van der Waals surface area contributed by atoms with Gasteiger partial charge in [-0.25, -0.2) is 4.79 Å². The molecule has 3 rings (SSSR count). The summed E-state index contributed by atoms with van der Waals surface area (Å²) in [6, 6.07) is 11.9. The lowest BCUT2D eigenvalue weighted by Crippen LogP contribution is -2.14. The quantitative estimate of drug-likeness (QED) is 0.543. The summed E-state index contributed by atoms with van der Waals surface area (Å²) in [5.41, 5.74) is 0.337. The summed E-state index contributed by atoms with van der Waals surface area (Å²) in [5, 5.41) is 4.25. The molecule has 1 aromatic carbocycles. The fourth-order valence-electron chi connectivity index (χ4n) is 2.13. The van der Waals surface area contributed by atoms with E-state index >= 15 is 0 Å². The summed E-state index contributed by atoms with van der Waals surface area (Å²) in [5.74, 6) is -1.02. The highest BCUT2D eigenvalue weighted by atomic mass is 35.5. The van der Waals surface area contributed by atoms with Crippen LogP contribution >= 0.6 is 34.3 Å². The van der Waals surface area contributed by atoms with Gasteiger partial charge in [0, 0.05) is 14.5 Å². The Bertz CT molecular complexity index is 851. The Morgan fingerprint density at radius 3 is 2.61 bits per heavy atom. The van der Waals surface area contributed by atoms with E-state index in [0.29, 0.717) is 10.6 Å². The summed E-state index contributed by atoms with van der Waals surface area (Å²) in [6.45, 7) is 0. The Labute approximate surface area is 145 Å². The molecule has 4 nitrogen and oxygen atoms in total. The summed E-state index contributed by atoms with van der Waals surface area (Å²) in [6.07, 6.45) is 0. The number of hydrogen-bond donors (Lipinski definition) is 1. The lowest BCUT2D eigenvalue weighted by molar-refractivity contribution is -0.113. The van der Waals surface area contributed by atoms with E-state index in [-0.39, 0.29) is 11.8 Å². The highest BCUT2D eigenvalue weighted by Gasteiger charge is 2.20. The van der Waals surface area contributed by atoms with E-state index in [4.69, 9.17) is 16.3 Å². The first-order valence-electron chi connectivity index (χ1n) is 6.69. The molecule has 7 heteroatoms. The van der Waals surface area contributed by atoms with Gasteiger partial charge in [-0.15, -0.1) is 34.3 Å². The first-order chi connectivity index (χ1) is 11.1. The first kappa shape index (κ1) is 16.0. The zero-order valence-corrected chi connectivity index (χ0v) is 14.5. The van der Waals surface area contributed by atoms with E-state index in [1.165, 1.54) is 23.1 Å². The summed E-state index contributed by atoms with van der Waals surface area (Å²) >= 11 is 8.49. The predicted octanol–water partition coefficient (Wildman–Crippen LogP) is 4.59. The molecule has 0 aliphatic carbocycles. The normalized spacial score (nSPS) is 10.7. The van der Waals surface area contributed by atoms with Gasteiger partial charge in [-0.05, 0) is 23.6 Å². The molecule has 0 radical (unpaired) electrons. The maximum Gasteiger partial charge on any atom is 0.340 e. The molecule has 2 aromatic heterocycles. The van der Waals surface area contributed by atoms with Crippen molar-refractivity contribution in [3.8, 4) is 9.75 Å². The van der Waals surface area contributed by atoms with Crippen molar-refractivity contribution >= 4 is 61.2 Å². The smallest absolute Gasteiger partial charge is 0.340 e. The number of ether oxygens (including phenoxy) is 1. The monoisotopic (exact) mass is 365 g/mol. The zero-order chi connectivity index (χ0) is 16.4. The van der Waals surface area contributed by atoms with E-state index in [2.05, 4.69) is 17.4 Å². The molecule has 0 unspecified atom stereocenters. The third-order valence-electron chi connectivity index (χ3n) is 3.18. The number of esters is 1. The first-order valence-corrected chi connectivity index (χ1v) is 8.86. The van der Waals surface area contributed by atoms with Gasteiger partial charge in [-0.2, -0.15) is 0 Å². The van der Waals surface area contributed by atoms with Crippen molar-refractivity contribution in [1.82, 2.24) is 0 Å². The molecule has 0 saturated heterocycles. The third kappa shape index (κ3) is 3.24. The molecule has 0 aliphatic heterocycles. The maximum atomic E-state index is 11.9. The highest BCUT2D eigenvalue weighted by Crippen LogP contribution is 2.41. The molecular formula is C16H12ClNO3S2. The van der Waals surface area contributed by atoms with Crippen molar-refractivity contribution in [1.29, 1.82) is 0 Å². The van der Waals surface area contributed by atoms with Crippen LogP contribution in [0, 0.1) is 0 Å². The second-order valence-electron chi connectivity index (χ2n) is 4.68. The number of nitrogens with one attached hydrogen (secondary N) is 1. The van der Waals surface area contributed by atoms with Crippen LogP contribution in [0.3, 0.4) is 0 Å². The van der Waals surface area contributed by atoms with Gasteiger partial charge in [0.05, 0.1) is 12.7 Å². The molecule has 0 spiro atoms. The fourth-order valence-corrected chi connectivity index (χ4v) is 4.39. The molecule has 23 heavy (non-hydrogen) atoms. The molecule has 0 saturated carbocycles. The van der Waals surface area contributed by atoms with Crippen LogP contribution in [0.5, 0.6) is 0 Å². The van der Waals surface area contributed by atoms with Gasteiger partial charge in [-0.3, -0.25) is 4.79 Å². The second-order valence-corrected chi connectivity index (χ2v) is 7.08. The van der Waals surface area contributed by atoms with Crippen LogP contribution in [-0.2, 0) is 9.53 Å². The van der Waals surface area contributed by atoms with E-state index in [1.54, 1.807) is 17.4 Å². The van der Waals surface area contributed by atoms with Crippen LogP contribution < -0.4 is 5.32 Å². The average molecular weight is 366 g/mol. The van der Waals surface area contributed by atoms with Crippen LogP contribution in [0.4, 0.5) is 5.00 Å². The molecule has 0 atom stereocenters. The molecule has 3 aromatic rings. The van der Waals surface area contributed by atoms with Gasteiger partial charge < -0.3 is 10.1 Å². The number of fused-ring (bicyclic) bond motifs is 1. The van der Waals surface area contributed by atoms with Crippen LogP contribution in [0.25, 0.3) is 19.8 Å². The molecule has 0 fully saturated rings. The van der Waals surface area contributed by atoms with E-state index in [1.807, 2.05) is 18.2 Å². The molecule has 1 N–H and O–H groups in total. The topological polar surface area (TPSA) is 55.4 Å². The number of amides is 1. The summed E-state index contributed by atoms with van der Waals surface area (Å²) in [4.78, 5) is 25.4. The number of rotatable bonds is 4. The van der Waals surface area contributed by atoms with Crippen molar-refractivity contribution in [3.63, 3.8) is 0 Å². The largest absolute Gasteiger partial charge is 0.465 e.